The molecule has 122 valence electrons. The first-order valence-electron chi connectivity index (χ1n) is 8.74. The van der Waals surface area contributed by atoms with Crippen LogP contribution in [0.5, 0.6) is 0 Å². The zero-order valence-electron chi connectivity index (χ0n) is 13.8. The molecule has 0 aromatic carbocycles. The summed E-state index contributed by atoms with van der Waals surface area (Å²) < 4.78 is 5.51. The molecular formula is C17H32N2O2. The molecule has 2 aliphatic rings. The number of nitrogens with zero attached hydrogens (tertiary/aromatic N) is 1. The van der Waals surface area contributed by atoms with Crippen LogP contribution >= 0.6 is 0 Å². The van der Waals surface area contributed by atoms with Crippen molar-refractivity contribution >= 4 is 5.91 Å². The number of hydrogen-bond donors (Lipinski definition) is 1. The molecule has 2 heterocycles. The molecule has 1 amide bonds. The SMILES string of the molecule is CC(C)CCN1CCC(CNC(=O)C[C@H]2CCCO2)CC1. The number of likely N-dealkylation sites (tertiary alicyclic amines) is 1. The normalized spacial score (nSPS) is 24.6. The summed E-state index contributed by atoms with van der Waals surface area (Å²) in [6, 6.07) is 0. The summed E-state index contributed by atoms with van der Waals surface area (Å²) in [7, 11) is 0. The van der Waals surface area contributed by atoms with Crippen LogP contribution in [0.2, 0.25) is 0 Å². The third-order valence-corrected chi connectivity index (χ3v) is 4.75. The topological polar surface area (TPSA) is 41.6 Å². The number of piperidine rings is 1. The molecule has 2 saturated heterocycles. The van der Waals surface area contributed by atoms with Crippen molar-refractivity contribution in [2.75, 3.05) is 32.8 Å². The van der Waals surface area contributed by atoms with Crippen LogP contribution in [0.4, 0.5) is 0 Å². The van der Waals surface area contributed by atoms with Crippen LogP contribution in [0.25, 0.3) is 0 Å². The Bertz CT molecular complexity index is 306. The second-order valence-electron chi connectivity index (χ2n) is 7.11. The molecule has 2 fully saturated rings. The zero-order valence-corrected chi connectivity index (χ0v) is 13.8. The van der Waals surface area contributed by atoms with E-state index in [2.05, 4.69) is 24.1 Å². The molecule has 4 heteroatoms. The van der Waals surface area contributed by atoms with Crippen molar-refractivity contribution < 1.29 is 9.53 Å². The fraction of sp³-hybridized carbons (Fsp3) is 0.941. The molecule has 0 bridgehead atoms. The van der Waals surface area contributed by atoms with Crippen molar-refractivity contribution in [1.82, 2.24) is 10.2 Å². The summed E-state index contributed by atoms with van der Waals surface area (Å²) >= 11 is 0. The van der Waals surface area contributed by atoms with Crippen molar-refractivity contribution in [2.24, 2.45) is 11.8 Å². The average Bonchev–Trinajstić information content (AvgIpc) is 2.97. The summed E-state index contributed by atoms with van der Waals surface area (Å²) in [6.45, 7) is 9.87. The van der Waals surface area contributed by atoms with Crippen LogP contribution in [0, 0.1) is 11.8 Å². The van der Waals surface area contributed by atoms with E-state index in [0.29, 0.717) is 12.3 Å². The van der Waals surface area contributed by atoms with Gasteiger partial charge in [-0.25, -0.2) is 0 Å². The molecule has 0 spiro atoms. The van der Waals surface area contributed by atoms with Crippen LogP contribution in [-0.4, -0.2) is 49.7 Å². The number of amides is 1. The van der Waals surface area contributed by atoms with Gasteiger partial charge >= 0.3 is 0 Å². The molecule has 2 aliphatic heterocycles. The van der Waals surface area contributed by atoms with Gasteiger partial charge < -0.3 is 15.0 Å². The third kappa shape index (κ3) is 6.35. The van der Waals surface area contributed by atoms with E-state index >= 15 is 0 Å². The zero-order chi connectivity index (χ0) is 15.1. The number of carbonyl (C=O) groups excluding carboxylic acids is 1. The maximum absolute atomic E-state index is 11.9. The number of hydrogen-bond acceptors (Lipinski definition) is 3. The molecule has 2 rings (SSSR count). The average molecular weight is 296 g/mol. The number of nitrogens with one attached hydrogen (secondary N) is 1. The monoisotopic (exact) mass is 296 g/mol. The van der Waals surface area contributed by atoms with E-state index in [-0.39, 0.29) is 12.0 Å². The number of carbonyl (C=O) groups is 1. The quantitative estimate of drug-likeness (QED) is 0.784. The van der Waals surface area contributed by atoms with Gasteiger partial charge in [0.15, 0.2) is 0 Å². The van der Waals surface area contributed by atoms with E-state index in [9.17, 15) is 4.79 Å². The standard InChI is InChI=1S/C17H32N2O2/c1-14(2)5-8-19-9-6-15(7-10-19)13-18-17(20)12-16-4-3-11-21-16/h14-16H,3-13H2,1-2H3,(H,18,20)/t16-/m1/s1. The Morgan fingerprint density at radius 3 is 2.67 bits per heavy atom. The van der Waals surface area contributed by atoms with Gasteiger partial charge in [-0.15, -0.1) is 0 Å². The van der Waals surface area contributed by atoms with E-state index < -0.39 is 0 Å². The highest BCUT2D eigenvalue weighted by Gasteiger charge is 2.22. The van der Waals surface area contributed by atoms with Crippen molar-refractivity contribution in [3.8, 4) is 0 Å². The number of ether oxygens (including phenoxy) is 1. The maximum Gasteiger partial charge on any atom is 0.222 e. The lowest BCUT2D eigenvalue weighted by molar-refractivity contribution is -0.123. The number of rotatable bonds is 7. The summed E-state index contributed by atoms with van der Waals surface area (Å²) in [5.74, 6) is 1.62. The Labute approximate surface area is 129 Å². The molecule has 0 saturated carbocycles. The van der Waals surface area contributed by atoms with E-state index in [1.165, 1.54) is 38.9 Å². The lowest BCUT2D eigenvalue weighted by Crippen LogP contribution is -2.39. The Balaban J connectivity index is 1.54. The highest BCUT2D eigenvalue weighted by atomic mass is 16.5. The Morgan fingerprint density at radius 1 is 1.29 bits per heavy atom. The van der Waals surface area contributed by atoms with E-state index in [4.69, 9.17) is 4.74 Å². The summed E-state index contributed by atoms with van der Waals surface area (Å²) in [5.41, 5.74) is 0. The summed E-state index contributed by atoms with van der Waals surface area (Å²) in [6.07, 6.45) is 6.60. The predicted molar refractivity (Wildman–Crippen MR) is 85.2 cm³/mol. The molecule has 0 aromatic heterocycles. The van der Waals surface area contributed by atoms with Gasteiger partial charge in [-0.2, -0.15) is 0 Å². The van der Waals surface area contributed by atoms with Gasteiger partial charge in [-0.1, -0.05) is 13.8 Å². The van der Waals surface area contributed by atoms with Gasteiger partial charge in [0, 0.05) is 13.2 Å². The third-order valence-electron chi connectivity index (χ3n) is 4.75. The minimum atomic E-state index is 0.169. The van der Waals surface area contributed by atoms with Gasteiger partial charge in [0.05, 0.1) is 12.5 Å². The maximum atomic E-state index is 11.9. The van der Waals surface area contributed by atoms with Crippen LogP contribution in [0.3, 0.4) is 0 Å². The molecule has 1 N–H and O–H groups in total. The first-order chi connectivity index (χ1) is 10.1. The van der Waals surface area contributed by atoms with Gasteiger partial charge in [-0.05, 0) is 63.6 Å². The van der Waals surface area contributed by atoms with Crippen molar-refractivity contribution in [3.05, 3.63) is 0 Å². The minimum Gasteiger partial charge on any atom is -0.378 e. The Morgan fingerprint density at radius 2 is 2.05 bits per heavy atom. The van der Waals surface area contributed by atoms with Crippen LogP contribution < -0.4 is 5.32 Å². The van der Waals surface area contributed by atoms with E-state index in [1.54, 1.807) is 0 Å². The van der Waals surface area contributed by atoms with Crippen LogP contribution in [0.15, 0.2) is 0 Å². The Hall–Kier alpha value is -0.610. The largest absolute Gasteiger partial charge is 0.378 e. The van der Waals surface area contributed by atoms with Crippen molar-refractivity contribution in [3.63, 3.8) is 0 Å². The van der Waals surface area contributed by atoms with E-state index in [0.717, 1.165) is 31.9 Å². The minimum absolute atomic E-state index is 0.169. The van der Waals surface area contributed by atoms with Gasteiger partial charge in [0.25, 0.3) is 0 Å². The Kier molecular flexibility index (Phi) is 6.97. The fourth-order valence-corrected chi connectivity index (χ4v) is 3.20. The highest BCUT2D eigenvalue weighted by molar-refractivity contribution is 5.76. The lowest BCUT2D eigenvalue weighted by Gasteiger charge is -2.32. The fourth-order valence-electron chi connectivity index (χ4n) is 3.20. The highest BCUT2D eigenvalue weighted by Crippen LogP contribution is 2.18. The second kappa shape index (κ2) is 8.74. The summed E-state index contributed by atoms with van der Waals surface area (Å²) in [4.78, 5) is 14.5. The second-order valence-corrected chi connectivity index (χ2v) is 7.11. The van der Waals surface area contributed by atoms with Crippen LogP contribution in [0.1, 0.15) is 52.4 Å². The summed E-state index contributed by atoms with van der Waals surface area (Å²) in [5, 5.41) is 3.11. The molecule has 0 unspecified atom stereocenters. The van der Waals surface area contributed by atoms with Gasteiger partial charge in [-0.3, -0.25) is 4.79 Å². The van der Waals surface area contributed by atoms with Crippen LogP contribution in [-0.2, 0) is 9.53 Å². The molecule has 0 aromatic rings. The van der Waals surface area contributed by atoms with Crippen molar-refractivity contribution in [2.45, 2.75) is 58.5 Å². The molecule has 1 atom stereocenters. The lowest BCUT2D eigenvalue weighted by atomic mass is 9.96. The van der Waals surface area contributed by atoms with Gasteiger partial charge in [0.1, 0.15) is 0 Å². The van der Waals surface area contributed by atoms with Gasteiger partial charge in [0.2, 0.25) is 5.91 Å². The van der Waals surface area contributed by atoms with Crippen molar-refractivity contribution in [1.29, 1.82) is 0 Å². The molecular weight excluding hydrogens is 264 g/mol. The predicted octanol–water partition coefficient (Wildman–Crippen LogP) is 2.43. The van der Waals surface area contributed by atoms with E-state index in [1.807, 2.05) is 0 Å². The molecule has 0 aliphatic carbocycles. The molecule has 0 radical (unpaired) electrons. The molecule has 4 nitrogen and oxygen atoms in total. The molecule has 21 heavy (non-hydrogen) atoms. The smallest absolute Gasteiger partial charge is 0.222 e. The first kappa shape index (κ1) is 16.8. The first-order valence-corrected chi connectivity index (χ1v) is 8.74.